The Balaban J connectivity index is 0.000000186. The number of hydrogen-bond donors (Lipinski definition) is 8. The molecule has 0 saturated carbocycles. The molecule has 4 aliphatic rings. The number of aromatic carboxylic acids is 1. The number of pyridine rings is 4. The number of nitrogens with one attached hydrogen (secondary N) is 6. The lowest BCUT2D eigenvalue weighted by Gasteiger charge is -2.40. The summed E-state index contributed by atoms with van der Waals surface area (Å²) in [7, 11) is 0. The van der Waals surface area contributed by atoms with Crippen LogP contribution in [0.15, 0.2) is 134 Å². The second-order valence-electron chi connectivity index (χ2n) is 31.3. The lowest BCUT2D eigenvalue weighted by molar-refractivity contribution is 0.000505. The van der Waals surface area contributed by atoms with Gasteiger partial charge in [-0.15, -0.1) is 0 Å². The number of nitrogens with two attached hydrogens (primary N) is 1. The zero-order chi connectivity index (χ0) is 83.6. The zero-order valence-corrected chi connectivity index (χ0v) is 68.9. The summed E-state index contributed by atoms with van der Waals surface area (Å²) in [6.07, 6.45) is 11.1. The molecule has 119 heavy (non-hydrogen) atoms. The molecule has 0 aliphatic carbocycles. The van der Waals surface area contributed by atoms with Gasteiger partial charge < -0.3 is 61.9 Å². The third kappa shape index (κ3) is 23.0. The van der Waals surface area contributed by atoms with Gasteiger partial charge in [0.15, 0.2) is 11.3 Å². The quantitative estimate of drug-likeness (QED) is 0.0263. The Morgan fingerprint density at radius 2 is 1.08 bits per heavy atom. The van der Waals surface area contributed by atoms with E-state index in [1.807, 2.05) is 120 Å². The fraction of sp³-hybridized carbons (Fsp3) is 0.433. The summed E-state index contributed by atoms with van der Waals surface area (Å²) in [6, 6.07) is 32.5. The van der Waals surface area contributed by atoms with Crippen molar-refractivity contribution in [3.8, 4) is 22.3 Å². The first-order valence-corrected chi connectivity index (χ1v) is 41.0. The van der Waals surface area contributed by atoms with Crippen LogP contribution in [0.5, 0.6) is 0 Å². The van der Waals surface area contributed by atoms with Crippen LogP contribution in [-0.2, 0) is 79.4 Å². The van der Waals surface area contributed by atoms with Crippen LogP contribution in [0.4, 0.5) is 25.0 Å². The van der Waals surface area contributed by atoms with Gasteiger partial charge in [-0.2, -0.15) is 10.2 Å². The minimum atomic E-state index is -1.11. The number of aromatic nitrogens is 8. The molecule has 29 heteroatoms. The maximum absolute atomic E-state index is 15.1. The van der Waals surface area contributed by atoms with Crippen molar-refractivity contribution >= 4 is 63.2 Å². The summed E-state index contributed by atoms with van der Waals surface area (Å²) < 4.78 is 49.9. The van der Waals surface area contributed by atoms with Crippen LogP contribution < -0.4 is 37.6 Å². The second kappa shape index (κ2) is 41.5. The highest BCUT2D eigenvalue weighted by Gasteiger charge is 2.32. The molecule has 2 atom stereocenters. The largest absolute Gasteiger partial charge is 0.478 e. The summed E-state index contributed by atoms with van der Waals surface area (Å²) in [6.45, 7) is 29.8. The fourth-order valence-corrected chi connectivity index (χ4v) is 15.3. The number of anilines is 2. The van der Waals surface area contributed by atoms with Gasteiger partial charge >= 0.3 is 12.1 Å². The Labute approximate surface area is 695 Å². The van der Waals surface area contributed by atoms with Gasteiger partial charge in [0.05, 0.1) is 40.1 Å². The molecule has 0 bridgehead atoms. The van der Waals surface area contributed by atoms with E-state index in [0.717, 1.165) is 161 Å². The molecule has 0 spiro atoms. The molecule has 14 rings (SSSR count). The monoisotopic (exact) mass is 1630 g/mol. The lowest BCUT2D eigenvalue weighted by Crippen LogP contribution is -2.54. The number of carboxylic acids is 1. The molecule has 4 aliphatic heterocycles. The van der Waals surface area contributed by atoms with Gasteiger partial charge in [-0.1, -0.05) is 69.8 Å². The van der Waals surface area contributed by atoms with E-state index >= 15 is 4.39 Å². The third-order valence-corrected chi connectivity index (χ3v) is 21.5. The Kier molecular flexibility index (Phi) is 30.9. The van der Waals surface area contributed by atoms with Gasteiger partial charge in [0.1, 0.15) is 28.6 Å². The van der Waals surface area contributed by atoms with Crippen molar-refractivity contribution in [3.05, 3.63) is 213 Å². The van der Waals surface area contributed by atoms with Crippen molar-refractivity contribution < 1.29 is 52.1 Å². The summed E-state index contributed by atoms with van der Waals surface area (Å²) in [5.41, 5.74) is 19.3. The molecular weight excluding hydrogens is 1520 g/mol. The topological polar surface area (TPSA) is 328 Å². The van der Waals surface area contributed by atoms with Crippen molar-refractivity contribution in [2.75, 3.05) is 76.3 Å². The van der Waals surface area contributed by atoms with E-state index in [-0.39, 0.29) is 85.8 Å². The molecule has 4 aromatic carbocycles. The minimum Gasteiger partial charge on any atom is -0.478 e. The predicted molar refractivity (Wildman–Crippen MR) is 458 cm³/mol. The molecule has 4 fully saturated rings. The Morgan fingerprint density at radius 1 is 0.588 bits per heavy atom. The number of rotatable bonds is 25. The van der Waals surface area contributed by atoms with Gasteiger partial charge in [-0.05, 0) is 181 Å². The van der Waals surface area contributed by atoms with Crippen LogP contribution in [0.2, 0.25) is 0 Å². The number of fused-ring (bicyclic) bond motifs is 2. The molecular formula is C90H114F2N18O9. The molecule has 4 saturated heterocycles. The SMILES string of the molecule is C.CCc1nc2c(cnn2CC)c(NC2CCOCC2)c1CNC(=O)c1cc(C(=O)NCc2ccc(F)c(-c3cccc(CN4CCN[C@@H](C)C4)c3)c2)ccn1.CCc1nc2c(cnn2CC)c(NC2CCOCC2)c1CNC(=O)c1cc(C(=O)O)ccn1.C[C@H]1CN(Cc2cccc(-c3cc(CN)ccc3F)c2)CCN1C(=O)OC(C)(C)C. The number of ether oxygens (including phenoxy) is 3. The summed E-state index contributed by atoms with van der Waals surface area (Å²) >= 11 is 0. The number of halogens is 2. The van der Waals surface area contributed by atoms with Crippen LogP contribution in [-0.4, -0.2) is 185 Å². The number of hydrogen-bond acceptors (Lipinski definition) is 20. The van der Waals surface area contributed by atoms with Crippen molar-refractivity contribution in [1.82, 2.24) is 75.5 Å². The first-order chi connectivity index (χ1) is 57.0. The number of carbonyl (C=O) groups is 5. The normalized spacial score (nSPS) is 16.2. The van der Waals surface area contributed by atoms with Crippen molar-refractivity contribution in [2.24, 2.45) is 5.73 Å². The molecule has 10 aromatic rings. The van der Waals surface area contributed by atoms with Crippen molar-refractivity contribution in [2.45, 2.75) is 190 Å². The van der Waals surface area contributed by atoms with Crippen LogP contribution in [0.3, 0.4) is 0 Å². The number of carbonyl (C=O) groups excluding carboxylic acids is 4. The van der Waals surface area contributed by atoms with Crippen molar-refractivity contribution in [1.29, 1.82) is 0 Å². The summed E-state index contributed by atoms with van der Waals surface area (Å²) in [4.78, 5) is 87.9. The first kappa shape index (κ1) is 88.6. The number of nitrogens with zero attached hydrogens (tertiary/aromatic N) is 11. The first-order valence-electron chi connectivity index (χ1n) is 41.0. The van der Waals surface area contributed by atoms with Crippen LogP contribution in [0.25, 0.3) is 44.3 Å². The average Bonchev–Trinajstić information content (AvgIpc) is 1.66. The third-order valence-electron chi connectivity index (χ3n) is 21.5. The van der Waals surface area contributed by atoms with Gasteiger partial charge in [-0.25, -0.2) is 37.7 Å². The molecule has 6 aromatic heterocycles. The van der Waals surface area contributed by atoms with Gasteiger partial charge in [0.2, 0.25) is 0 Å². The smallest absolute Gasteiger partial charge is 0.410 e. The van der Waals surface area contributed by atoms with E-state index in [2.05, 4.69) is 80.9 Å². The summed E-state index contributed by atoms with van der Waals surface area (Å²) in [5, 5.41) is 39.8. The Bertz CT molecular complexity index is 5170. The maximum Gasteiger partial charge on any atom is 0.410 e. The average molecular weight is 1630 g/mol. The maximum atomic E-state index is 15.1. The number of aryl methyl sites for hydroxylation is 4. The van der Waals surface area contributed by atoms with Crippen LogP contribution in [0.1, 0.15) is 182 Å². The molecule has 9 N–H and O–H groups in total. The molecule has 27 nitrogen and oxygen atoms in total. The van der Waals surface area contributed by atoms with E-state index < -0.39 is 23.4 Å². The standard InChI is InChI=1S/C42H50FN9O3.C24H32FN3O2.C23H28N6O4.CH4/c1-4-37-34(39(49-32-12-17-55-18-13-32)35-24-48-52(5-2)40(35)50-37)23-47-42(54)38-21-31(11-14-45-38)41(53)46-22-28-9-10-36(43)33(20-28)30-8-6-7-29(19-30)26-51-16-15-44-27(3)25-51;1-17-15-27(10-11-28(17)23(29)30-24(2,3)4)16-19-6-5-7-20(12-19)21-13-18(14-26)8-9-22(21)25;1-3-18-16(12-25-22(30)19-11-14(23(31)32)5-8-24-19)20(27-15-6-9-33-10-7-15)17-13-26-29(4-2)21(17)28-18;/h6-11,14,19-21,24,27,32,44H,4-5,12-13,15-18,22-23,25-26H2,1-3H3,(H,46,53)(H,47,54)(H,49,50);5-9,12-13,17H,10-11,14-16,26H2,1-4H3;5,8,11,13,15H,3-4,6-7,9-10,12H2,1-2H3,(H,25,30)(H,27,28)(H,31,32);1H4/t27-;17-;;/m00../s1. The minimum absolute atomic E-state index is 0. The van der Waals surface area contributed by atoms with E-state index in [1.165, 1.54) is 42.7 Å². The number of piperazine rings is 2. The highest BCUT2D eigenvalue weighted by Crippen LogP contribution is 2.35. The molecule has 4 amide bonds. The van der Waals surface area contributed by atoms with E-state index in [9.17, 15) is 33.5 Å². The van der Waals surface area contributed by atoms with E-state index in [0.29, 0.717) is 88.2 Å². The zero-order valence-electron chi connectivity index (χ0n) is 68.9. The predicted octanol–water partition coefficient (Wildman–Crippen LogP) is 13.1. The highest BCUT2D eigenvalue weighted by atomic mass is 19.1. The molecule has 0 radical (unpaired) electrons. The van der Waals surface area contributed by atoms with E-state index in [4.69, 9.17) is 29.9 Å². The number of carboxylic acid groups (broad SMARTS) is 1. The second-order valence-corrected chi connectivity index (χ2v) is 31.3. The van der Waals surface area contributed by atoms with E-state index in [1.54, 1.807) is 29.2 Å². The van der Waals surface area contributed by atoms with Crippen LogP contribution in [0, 0.1) is 11.6 Å². The van der Waals surface area contributed by atoms with Gasteiger partial charge in [-0.3, -0.25) is 34.2 Å². The van der Waals surface area contributed by atoms with Crippen molar-refractivity contribution in [3.63, 3.8) is 0 Å². The van der Waals surface area contributed by atoms with Gasteiger partial charge in [0.25, 0.3) is 17.7 Å². The molecule has 10 heterocycles. The molecule has 0 unspecified atom stereocenters. The number of amides is 4. The Morgan fingerprint density at radius 3 is 1.55 bits per heavy atom. The summed E-state index contributed by atoms with van der Waals surface area (Å²) in [5.74, 6) is -2.89. The molecule has 632 valence electrons. The highest BCUT2D eigenvalue weighted by molar-refractivity contribution is 5.99. The van der Waals surface area contributed by atoms with Crippen LogP contribution >= 0.6 is 0 Å². The number of benzene rings is 4. The lowest BCUT2D eigenvalue weighted by atomic mass is 10.00. The fourth-order valence-electron chi connectivity index (χ4n) is 15.3. The van der Waals surface area contributed by atoms with Gasteiger partial charge in [0, 0.05) is 194 Å². The Hall–Kier alpha value is -11.2.